The molecule has 2 aliphatic heterocycles. The lowest BCUT2D eigenvalue weighted by Crippen LogP contribution is -2.56. The van der Waals surface area contributed by atoms with Crippen LogP contribution in [0.2, 0.25) is 10.0 Å². The Kier molecular flexibility index (Phi) is 11.6. The number of carbonyl (C=O) groups is 3. The first-order valence-corrected chi connectivity index (χ1v) is 20.5. The molecule has 0 spiro atoms. The van der Waals surface area contributed by atoms with Gasteiger partial charge in [0.15, 0.2) is 0 Å². The van der Waals surface area contributed by atoms with Crippen LogP contribution in [0.15, 0.2) is 103 Å². The summed E-state index contributed by atoms with van der Waals surface area (Å²) in [7, 11) is 1.73. The van der Waals surface area contributed by atoms with Crippen molar-refractivity contribution in [1.82, 2.24) is 10.2 Å². The number of nitrogens with one attached hydrogen (secondary N) is 1. The predicted octanol–water partition coefficient (Wildman–Crippen LogP) is 8.69. The van der Waals surface area contributed by atoms with Crippen LogP contribution in [0.1, 0.15) is 65.2 Å². The van der Waals surface area contributed by atoms with Crippen molar-refractivity contribution in [1.29, 1.82) is 5.26 Å². The van der Waals surface area contributed by atoms with E-state index in [1.54, 1.807) is 48.3 Å². The molecule has 3 atom stereocenters. The number of fused-ring (bicyclic) bond motifs is 2. The van der Waals surface area contributed by atoms with E-state index in [0.717, 1.165) is 59.1 Å². The van der Waals surface area contributed by atoms with Crippen LogP contribution in [0.25, 0.3) is 11.1 Å². The SMILES string of the molecule is CN1C(=O)[C@H](c2ccc(OCc3ccc(Cl)c(Cl)c3)cc2)Oc2cc3c(cc21)C[C@@H](C(=O)NC(Cc1ccc(-c2ccc(C#N)cc2)cc1)C(=O)O)N(C1CCCC1)C3. The molecule has 0 aromatic heterocycles. The molecule has 12 heteroatoms. The van der Waals surface area contributed by atoms with Gasteiger partial charge in [0.05, 0.1) is 33.4 Å². The van der Waals surface area contributed by atoms with Gasteiger partial charge in [-0.2, -0.15) is 5.26 Å². The number of rotatable bonds is 11. The average Bonchev–Trinajstić information content (AvgIpc) is 3.80. The monoisotopic (exact) mass is 828 g/mol. The lowest BCUT2D eigenvalue weighted by atomic mass is 9.90. The molecular weight excluding hydrogens is 787 g/mol. The van der Waals surface area contributed by atoms with E-state index in [2.05, 4.69) is 16.3 Å². The molecule has 1 unspecified atom stereocenters. The Bertz CT molecular complexity index is 2430. The van der Waals surface area contributed by atoms with Crippen LogP contribution in [0.4, 0.5) is 5.69 Å². The van der Waals surface area contributed by atoms with Gasteiger partial charge in [-0.15, -0.1) is 0 Å². The second-order valence-corrected chi connectivity index (χ2v) is 16.2. The van der Waals surface area contributed by atoms with Crippen molar-refractivity contribution in [2.75, 3.05) is 11.9 Å². The van der Waals surface area contributed by atoms with Crippen LogP contribution >= 0.6 is 23.2 Å². The van der Waals surface area contributed by atoms with Gasteiger partial charge >= 0.3 is 5.97 Å². The third kappa shape index (κ3) is 8.64. The zero-order valence-corrected chi connectivity index (χ0v) is 33.9. The van der Waals surface area contributed by atoms with Crippen LogP contribution in [0.3, 0.4) is 0 Å². The molecule has 1 fully saturated rings. The van der Waals surface area contributed by atoms with Crippen LogP contribution in [-0.2, 0) is 40.4 Å². The van der Waals surface area contributed by atoms with Gasteiger partial charge in [0, 0.05) is 31.6 Å². The Hall–Kier alpha value is -5.86. The lowest BCUT2D eigenvalue weighted by Gasteiger charge is -2.41. The number of nitrogens with zero attached hydrogens (tertiary/aromatic N) is 3. The third-order valence-corrected chi connectivity index (χ3v) is 12.4. The van der Waals surface area contributed by atoms with Crippen molar-refractivity contribution >= 4 is 46.7 Å². The maximum Gasteiger partial charge on any atom is 0.326 e. The molecule has 1 aliphatic carbocycles. The van der Waals surface area contributed by atoms with E-state index in [4.69, 9.17) is 37.9 Å². The van der Waals surface area contributed by atoms with Crippen LogP contribution < -0.4 is 19.7 Å². The topological polar surface area (TPSA) is 132 Å². The Morgan fingerprint density at radius 3 is 2.24 bits per heavy atom. The number of ether oxygens (including phenoxy) is 2. The molecule has 8 rings (SSSR count). The largest absolute Gasteiger partial charge is 0.489 e. The molecule has 10 nitrogen and oxygen atoms in total. The zero-order valence-electron chi connectivity index (χ0n) is 32.4. The maximum atomic E-state index is 14.2. The fraction of sp³-hybridized carbons (Fsp3) is 0.277. The minimum Gasteiger partial charge on any atom is -0.489 e. The fourth-order valence-corrected chi connectivity index (χ4v) is 8.66. The molecule has 5 aromatic rings. The summed E-state index contributed by atoms with van der Waals surface area (Å²) >= 11 is 12.2. The van der Waals surface area contributed by atoms with Gasteiger partial charge in [0.25, 0.3) is 5.91 Å². The summed E-state index contributed by atoms with van der Waals surface area (Å²) in [6.45, 7) is 0.796. The maximum absolute atomic E-state index is 14.2. The third-order valence-electron chi connectivity index (χ3n) is 11.6. The van der Waals surface area contributed by atoms with Gasteiger partial charge in [-0.3, -0.25) is 14.5 Å². The van der Waals surface area contributed by atoms with E-state index >= 15 is 0 Å². The second-order valence-electron chi connectivity index (χ2n) is 15.4. The van der Waals surface area contributed by atoms with Crippen LogP contribution in [0.5, 0.6) is 11.5 Å². The summed E-state index contributed by atoms with van der Waals surface area (Å²) in [6, 6.07) is 32.0. The quantitative estimate of drug-likeness (QED) is 0.135. The van der Waals surface area contributed by atoms with Gasteiger partial charge in [-0.25, -0.2) is 4.79 Å². The summed E-state index contributed by atoms with van der Waals surface area (Å²) < 4.78 is 12.4. The van der Waals surface area contributed by atoms with E-state index in [1.807, 2.05) is 66.7 Å². The first kappa shape index (κ1) is 39.9. The van der Waals surface area contributed by atoms with Crippen molar-refractivity contribution in [2.24, 2.45) is 0 Å². The molecule has 2 N–H and O–H groups in total. The Morgan fingerprint density at radius 1 is 0.898 bits per heavy atom. The number of carbonyl (C=O) groups excluding carboxylic acids is 2. The molecular formula is C47H42Cl2N4O6. The van der Waals surface area contributed by atoms with Crippen molar-refractivity contribution in [3.8, 4) is 28.7 Å². The number of carboxylic acid groups (broad SMARTS) is 1. The minimum absolute atomic E-state index is 0.120. The molecule has 300 valence electrons. The highest BCUT2D eigenvalue weighted by Gasteiger charge is 2.40. The van der Waals surface area contributed by atoms with E-state index in [1.165, 1.54) is 0 Å². The number of amides is 2. The highest BCUT2D eigenvalue weighted by molar-refractivity contribution is 6.42. The molecule has 1 saturated carbocycles. The molecule has 59 heavy (non-hydrogen) atoms. The van der Waals surface area contributed by atoms with Crippen molar-refractivity contribution < 1.29 is 29.0 Å². The number of aliphatic carboxylic acids is 1. The lowest BCUT2D eigenvalue weighted by molar-refractivity contribution is -0.143. The summed E-state index contributed by atoms with van der Waals surface area (Å²) in [6.07, 6.45) is 3.69. The smallest absolute Gasteiger partial charge is 0.326 e. The van der Waals surface area contributed by atoms with Gasteiger partial charge in [-0.05, 0) is 101 Å². The fourth-order valence-electron chi connectivity index (χ4n) is 8.33. The van der Waals surface area contributed by atoms with Gasteiger partial charge < -0.3 is 24.8 Å². The number of carboxylic acids is 1. The van der Waals surface area contributed by atoms with E-state index in [-0.39, 0.29) is 24.3 Å². The highest BCUT2D eigenvalue weighted by atomic mass is 35.5. The number of nitriles is 1. The van der Waals surface area contributed by atoms with Crippen molar-refractivity contribution in [3.63, 3.8) is 0 Å². The summed E-state index contributed by atoms with van der Waals surface area (Å²) in [4.78, 5) is 44.4. The standard InChI is InChI=1S/C47H42Cl2N4O6/c1-52-41-22-34-23-42(45(54)51-40(47(56)57)21-28-6-11-31(12-7-28)32-13-8-29(25-50)9-14-32)53(36-4-2-3-5-36)26-35(34)24-43(41)59-44(46(52)55)33-15-17-37(18-16-33)58-27-30-10-19-38(48)39(49)20-30/h6-20,22,24,36,40,42,44H,2-5,21,23,26-27H2,1H3,(H,51,54)(H,56,57)/t40?,42-,44-/m0/s1. The molecule has 0 bridgehead atoms. The van der Waals surface area contributed by atoms with E-state index in [9.17, 15) is 19.5 Å². The number of hydrogen-bond acceptors (Lipinski definition) is 7. The number of likely N-dealkylation sites (N-methyl/N-ethyl adjacent to an activating group) is 1. The summed E-state index contributed by atoms with van der Waals surface area (Å²) in [5.41, 5.74) is 7.36. The number of halogens is 2. The molecule has 5 aromatic carbocycles. The Labute approximate surface area is 352 Å². The number of anilines is 1. The van der Waals surface area contributed by atoms with E-state index in [0.29, 0.717) is 57.9 Å². The van der Waals surface area contributed by atoms with Crippen molar-refractivity contribution in [3.05, 3.63) is 147 Å². The Balaban J connectivity index is 0.971. The van der Waals surface area contributed by atoms with E-state index < -0.39 is 24.2 Å². The minimum atomic E-state index is -1.13. The van der Waals surface area contributed by atoms with Gasteiger partial charge in [-0.1, -0.05) is 90.6 Å². The predicted molar refractivity (Wildman–Crippen MR) is 226 cm³/mol. The molecule has 0 saturated heterocycles. The molecule has 2 heterocycles. The van der Waals surface area contributed by atoms with Gasteiger partial charge in [0.2, 0.25) is 12.0 Å². The normalized spacial score (nSPS) is 18.3. The molecule has 3 aliphatic rings. The second kappa shape index (κ2) is 17.2. The van der Waals surface area contributed by atoms with Crippen LogP contribution in [-0.4, -0.2) is 53.0 Å². The zero-order chi connectivity index (χ0) is 41.2. The first-order valence-electron chi connectivity index (χ1n) is 19.7. The van der Waals surface area contributed by atoms with Crippen LogP contribution in [0, 0.1) is 11.3 Å². The number of hydrogen-bond donors (Lipinski definition) is 2. The average molecular weight is 830 g/mol. The summed E-state index contributed by atoms with van der Waals surface area (Å²) in [5.74, 6) is -0.451. The molecule has 2 amide bonds. The highest BCUT2D eigenvalue weighted by Crippen LogP contribution is 2.43. The Morgan fingerprint density at radius 2 is 1.58 bits per heavy atom. The van der Waals surface area contributed by atoms with Crippen molar-refractivity contribution in [2.45, 2.75) is 75.9 Å². The molecule has 0 radical (unpaired) electrons. The first-order chi connectivity index (χ1) is 28.5. The van der Waals surface area contributed by atoms with Gasteiger partial charge in [0.1, 0.15) is 24.1 Å². The number of benzene rings is 5. The summed E-state index contributed by atoms with van der Waals surface area (Å²) in [5, 5.41) is 23.2.